The summed E-state index contributed by atoms with van der Waals surface area (Å²) in [6, 6.07) is 7.14. The summed E-state index contributed by atoms with van der Waals surface area (Å²) in [5.41, 5.74) is 0. The highest BCUT2D eigenvalue weighted by Crippen LogP contribution is 2.16. The van der Waals surface area contributed by atoms with E-state index in [0.717, 1.165) is 5.75 Å². The fraction of sp³-hybridized carbons (Fsp3) is 0.333. The molecule has 7 nitrogen and oxygen atoms in total. The molecule has 0 amide bonds. The van der Waals surface area contributed by atoms with Gasteiger partial charge in [-0.3, -0.25) is 9.11 Å². The third kappa shape index (κ3) is 11.6. The Balaban J connectivity index is 0.000000494. The fourth-order valence-electron chi connectivity index (χ4n) is 0.915. The quantitative estimate of drug-likeness (QED) is 0.567. The van der Waals surface area contributed by atoms with Crippen molar-refractivity contribution in [3.05, 3.63) is 29.3 Å². The average Bonchev–Trinajstić information content (AvgIpc) is 2.19. The third-order valence-electron chi connectivity index (χ3n) is 1.48. The molecule has 0 fully saturated rings. The molecule has 1 atom stereocenters. The van der Waals surface area contributed by atoms with Crippen LogP contribution in [0.5, 0.6) is 5.75 Å². The molecule has 0 radical (unpaired) electrons. The lowest BCUT2D eigenvalue weighted by molar-refractivity contribution is 0.0589. The molecule has 0 aromatic heterocycles. The van der Waals surface area contributed by atoms with E-state index < -0.39 is 10.4 Å². The minimum atomic E-state index is -4.67. The van der Waals surface area contributed by atoms with Crippen LogP contribution < -0.4 is 10.6 Å². The van der Waals surface area contributed by atoms with Gasteiger partial charge in [-0.15, -0.1) is 0 Å². The molecule has 18 heavy (non-hydrogen) atoms. The standard InChI is InChI=1S/C9H12ClNO2.H2O4S/c1-7(6-12-11)13-9-4-2-8(10)3-5-9;1-5(2,3)4/h2-5,7H,6,11H2,1H3;(H2,1,2,3,4). The number of hydrogen-bond donors (Lipinski definition) is 3. The first-order valence-corrected chi connectivity index (χ1v) is 6.43. The van der Waals surface area contributed by atoms with E-state index in [4.69, 9.17) is 39.8 Å². The van der Waals surface area contributed by atoms with E-state index in [1.165, 1.54) is 0 Å². The molecule has 0 bridgehead atoms. The molecule has 1 unspecified atom stereocenters. The maximum atomic E-state index is 8.74. The zero-order valence-electron chi connectivity index (χ0n) is 9.48. The molecule has 1 aromatic carbocycles. The van der Waals surface area contributed by atoms with Crippen molar-refractivity contribution in [2.24, 2.45) is 5.90 Å². The monoisotopic (exact) mass is 299 g/mol. The highest BCUT2D eigenvalue weighted by molar-refractivity contribution is 7.79. The Morgan fingerprint density at radius 2 is 1.78 bits per heavy atom. The lowest BCUT2D eigenvalue weighted by atomic mass is 10.3. The second-order valence-corrected chi connectivity index (χ2v) is 4.50. The lowest BCUT2D eigenvalue weighted by Gasteiger charge is -2.12. The van der Waals surface area contributed by atoms with Gasteiger partial charge in [0.2, 0.25) is 0 Å². The second-order valence-electron chi connectivity index (χ2n) is 3.16. The van der Waals surface area contributed by atoms with Gasteiger partial charge in [0.1, 0.15) is 18.5 Å². The summed E-state index contributed by atoms with van der Waals surface area (Å²) in [5.74, 6) is 5.66. The van der Waals surface area contributed by atoms with E-state index in [0.29, 0.717) is 11.6 Å². The number of benzene rings is 1. The van der Waals surface area contributed by atoms with Gasteiger partial charge in [0.15, 0.2) is 0 Å². The van der Waals surface area contributed by atoms with Crippen molar-refractivity contribution < 1.29 is 27.1 Å². The van der Waals surface area contributed by atoms with Crippen molar-refractivity contribution in [3.8, 4) is 5.75 Å². The van der Waals surface area contributed by atoms with Crippen molar-refractivity contribution in [2.45, 2.75) is 13.0 Å². The highest BCUT2D eigenvalue weighted by Gasteiger charge is 2.02. The van der Waals surface area contributed by atoms with Gasteiger partial charge in [0.05, 0.1) is 0 Å². The summed E-state index contributed by atoms with van der Waals surface area (Å²) in [5, 5.41) is 0.690. The van der Waals surface area contributed by atoms with Crippen molar-refractivity contribution >= 4 is 22.0 Å². The molecule has 1 aromatic rings. The minimum absolute atomic E-state index is 0.0637. The first kappa shape index (κ1) is 17.1. The van der Waals surface area contributed by atoms with Crippen LogP contribution >= 0.6 is 11.6 Å². The Bertz CT molecular complexity index is 427. The van der Waals surface area contributed by atoms with Crippen LogP contribution in [-0.4, -0.2) is 30.2 Å². The van der Waals surface area contributed by atoms with E-state index in [-0.39, 0.29) is 6.10 Å². The van der Waals surface area contributed by atoms with Crippen LogP contribution in [0.4, 0.5) is 0 Å². The van der Waals surface area contributed by atoms with Crippen molar-refractivity contribution in [1.82, 2.24) is 0 Å². The second kappa shape index (κ2) is 8.25. The highest BCUT2D eigenvalue weighted by atomic mass is 35.5. The van der Waals surface area contributed by atoms with Gasteiger partial charge in [0.25, 0.3) is 0 Å². The summed E-state index contributed by atoms with van der Waals surface area (Å²) < 4.78 is 37.0. The molecule has 104 valence electrons. The fourth-order valence-corrected chi connectivity index (χ4v) is 1.04. The molecule has 0 saturated carbocycles. The Morgan fingerprint density at radius 3 is 2.17 bits per heavy atom. The van der Waals surface area contributed by atoms with E-state index in [1.807, 2.05) is 6.92 Å². The topological polar surface area (TPSA) is 119 Å². The van der Waals surface area contributed by atoms with Gasteiger partial charge in [-0.25, -0.2) is 5.90 Å². The van der Waals surface area contributed by atoms with Gasteiger partial charge in [-0.05, 0) is 31.2 Å². The van der Waals surface area contributed by atoms with E-state index in [2.05, 4.69) is 4.84 Å². The van der Waals surface area contributed by atoms with Gasteiger partial charge in [-0.1, -0.05) is 11.6 Å². The molecule has 0 heterocycles. The van der Waals surface area contributed by atoms with E-state index in [1.54, 1.807) is 24.3 Å². The largest absolute Gasteiger partial charge is 0.488 e. The Labute approximate surface area is 110 Å². The summed E-state index contributed by atoms with van der Waals surface area (Å²) in [6.07, 6.45) is -0.0637. The van der Waals surface area contributed by atoms with Crippen LogP contribution in [0.2, 0.25) is 5.02 Å². The van der Waals surface area contributed by atoms with Gasteiger partial charge >= 0.3 is 10.4 Å². The summed E-state index contributed by atoms with van der Waals surface area (Å²) in [6.45, 7) is 2.24. The van der Waals surface area contributed by atoms with Crippen LogP contribution in [0.1, 0.15) is 6.92 Å². The van der Waals surface area contributed by atoms with Crippen LogP contribution in [0.3, 0.4) is 0 Å². The summed E-state index contributed by atoms with van der Waals surface area (Å²) >= 11 is 5.71. The van der Waals surface area contributed by atoms with Crippen LogP contribution in [0, 0.1) is 0 Å². The Hall–Kier alpha value is -0.900. The van der Waals surface area contributed by atoms with Crippen molar-refractivity contribution in [1.29, 1.82) is 0 Å². The number of hydrogen-bond acceptors (Lipinski definition) is 5. The SMILES string of the molecule is CC(CON)Oc1ccc(Cl)cc1.O=S(=O)(O)O. The molecule has 0 spiro atoms. The zero-order valence-corrected chi connectivity index (χ0v) is 11.1. The number of nitrogens with two attached hydrogens (primary N) is 1. The normalized spacial score (nSPS) is 12.3. The maximum Gasteiger partial charge on any atom is 0.394 e. The van der Waals surface area contributed by atoms with Crippen LogP contribution in [0.25, 0.3) is 0 Å². The lowest BCUT2D eigenvalue weighted by Crippen LogP contribution is -2.21. The molecule has 4 N–H and O–H groups in total. The number of halogens is 1. The molecular formula is C9H14ClNO6S. The smallest absolute Gasteiger partial charge is 0.394 e. The van der Waals surface area contributed by atoms with Crippen molar-refractivity contribution in [2.75, 3.05) is 6.61 Å². The third-order valence-corrected chi connectivity index (χ3v) is 1.73. The van der Waals surface area contributed by atoms with Gasteiger partial charge in [-0.2, -0.15) is 8.42 Å². The average molecular weight is 300 g/mol. The summed E-state index contributed by atoms with van der Waals surface area (Å²) in [4.78, 5) is 4.45. The molecule has 9 heteroatoms. The van der Waals surface area contributed by atoms with E-state index >= 15 is 0 Å². The van der Waals surface area contributed by atoms with Crippen molar-refractivity contribution in [3.63, 3.8) is 0 Å². The number of rotatable bonds is 4. The van der Waals surface area contributed by atoms with Crippen LogP contribution in [-0.2, 0) is 15.2 Å². The molecule has 1 rings (SSSR count). The van der Waals surface area contributed by atoms with Crippen LogP contribution in [0.15, 0.2) is 24.3 Å². The van der Waals surface area contributed by atoms with Gasteiger partial charge in [0, 0.05) is 5.02 Å². The molecule has 0 aliphatic rings. The maximum absolute atomic E-state index is 8.74. The molecule has 0 saturated heterocycles. The Kier molecular flexibility index (Phi) is 7.83. The first-order chi connectivity index (χ1) is 8.22. The first-order valence-electron chi connectivity index (χ1n) is 4.66. The zero-order chi connectivity index (χ0) is 14.2. The predicted molar refractivity (Wildman–Crippen MR) is 65.9 cm³/mol. The van der Waals surface area contributed by atoms with Gasteiger partial charge < -0.3 is 9.57 Å². The van der Waals surface area contributed by atoms with E-state index in [9.17, 15) is 0 Å². The molecule has 0 aliphatic carbocycles. The number of ether oxygens (including phenoxy) is 1. The Morgan fingerprint density at radius 1 is 1.33 bits per heavy atom. The molecular weight excluding hydrogens is 286 g/mol. The predicted octanol–water partition coefficient (Wildman–Crippen LogP) is 1.34. The molecule has 0 aliphatic heterocycles. The minimum Gasteiger partial charge on any atom is -0.488 e. The summed E-state index contributed by atoms with van der Waals surface area (Å²) in [7, 11) is -4.67.